The highest BCUT2D eigenvalue weighted by Crippen LogP contribution is 2.37. The topological polar surface area (TPSA) is 98.0 Å². The van der Waals surface area contributed by atoms with Gasteiger partial charge in [0.2, 0.25) is 0 Å². The Kier molecular flexibility index (Phi) is 10.7. The van der Waals surface area contributed by atoms with E-state index in [1.165, 1.54) is 0 Å². The van der Waals surface area contributed by atoms with Crippen LogP contribution in [0.15, 0.2) is 24.3 Å². The minimum Gasteiger partial charge on any atom is -0.481 e. The maximum atomic E-state index is 10.4. The normalized spacial score (nSPS) is 28.2. The van der Waals surface area contributed by atoms with Crippen LogP contribution in [0.1, 0.15) is 64.7 Å². The Morgan fingerprint density at radius 2 is 1.92 bits per heavy atom. The second kappa shape index (κ2) is 12.2. The lowest BCUT2D eigenvalue weighted by molar-refractivity contribution is -0.137. The summed E-state index contributed by atoms with van der Waals surface area (Å²) in [5.74, 6) is -0.820. The number of hydrogen-bond acceptors (Lipinski definition) is 4. The summed E-state index contributed by atoms with van der Waals surface area (Å²) in [6.45, 7) is 2.14. The van der Waals surface area contributed by atoms with E-state index in [0.29, 0.717) is 25.7 Å². The average molecular weight is 354 g/mol. The van der Waals surface area contributed by atoms with Crippen molar-refractivity contribution in [3.63, 3.8) is 0 Å². The van der Waals surface area contributed by atoms with Gasteiger partial charge in [-0.2, -0.15) is 0 Å². The third-order valence-electron chi connectivity index (χ3n) is 4.92. The Morgan fingerprint density at radius 1 is 1.16 bits per heavy atom. The summed E-state index contributed by atoms with van der Waals surface area (Å²) >= 11 is 0. The predicted molar refractivity (Wildman–Crippen MR) is 98.1 cm³/mol. The molecule has 0 unspecified atom stereocenters. The van der Waals surface area contributed by atoms with Crippen molar-refractivity contribution in [1.82, 2.24) is 0 Å². The number of carboxylic acid groups (broad SMARTS) is 1. The molecule has 0 aromatic heterocycles. The minimum atomic E-state index is -0.790. The molecule has 1 rings (SSSR count). The molecule has 25 heavy (non-hydrogen) atoms. The maximum Gasteiger partial charge on any atom is 0.303 e. The molecule has 1 fully saturated rings. The van der Waals surface area contributed by atoms with Gasteiger partial charge in [-0.15, -0.1) is 0 Å². The van der Waals surface area contributed by atoms with Crippen LogP contribution in [-0.2, 0) is 4.79 Å². The average Bonchev–Trinajstić information content (AvgIpc) is 2.82. The van der Waals surface area contributed by atoms with Crippen LogP contribution in [0.3, 0.4) is 0 Å². The van der Waals surface area contributed by atoms with E-state index in [1.807, 2.05) is 18.2 Å². The fourth-order valence-electron chi connectivity index (χ4n) is 3.47. The van der Waals surface area contributed by atoms with Gasteiger partial charge in [-0.1, -0.05) is 50.5 Å². The van der Waals surface area contributed by atoms with Crippen molar-refractivity contribution in [2.75, 3.05) is 0 Å². The van der Waals surface area contributed by atoms with Gasteiger partial charge in [-0.3, -0.25) is 4.79 Å². The van der Waals surface area contributed by atoms with E-state index in [0.717, 1.165) is 25.7 Å². The smallest absolute Gasteiger partial charge is 0.303 e. The monoisotopic (exact) mass is 354 g/mol. The fraction of sp³-hybridized carbons (Fsp3) is 0.750. The Bertz CT molecular complexity index is 432. The molecule has 5 atom stereocenters. The van der Waals surface area contributed by atoms with E-state index in [1.54, 1.807) is 6.08 Å². The third-order valence-corrected chi connectivity index (χ3v) is 4.92. The molecule has 0 saturated heterocycles. The van der Waals surface area contributed by atoms with E-state index in [-0.39, 0.29) is 18.3 Å². The SMILES string of the molecule is CCCCC[C@H]1[C@@H](/C=C/[C@@H](O)C/C=C\CCCC(=O)O)[C@@H](O)C[C@H]1O. The molecule has 4 N–H and O–H groups in total. The molecule has 0 aromatic rings. The Labute approximate surface area is 151 Å². The third kappa shape index (κ3) is 8.66. The van der Waals surface area contributed by atoms with Crippen LogP contribution in [0.2, 0.25) is 0 Å². The van der Waals surface area contributed by atoms with Crippen molar-refractivity contribution < 1.29 is 25.2 Å². The molecule has 0 aromatic carbocycles. The van der Waals surface area contributed by atoms with Gasteiger partial charge in [0.25, 0.3) is 0 Å². The Balaban J connectivity index is 2.39. The van der Waals surface area contributed by atoms with Gasteiger partial charge in [0.05, 0.1) is 18.3 Å². The second-order valence-electron chi connectivity index (χ2n) is 7.05. The first-order valence-electron chi connectivity index (χ1n) is 9.55. The maximum absolute atomic E-state index is 10.4. The lowest BCUT2D eigenvalue weighted by atomic mass is 9.88. The molecule has 1 aliphatic carbocycles. The van der Waals surface area contributed by atoms with Gasteiger partial charge in [0.15, 0.2) is 0 Å². The van der Waals surface area contributed by atoms with Crippen LogP contribution < -0.4 is 0 Å². The molecular formula is C20H34O5. The molecule has 144 valence electrons. The first-order valence-corrected chi connectivity index (χ1v) is 9.55. The Hall–Kier alpha value is -1.17. The van der Waals surface area contributed by atoms with Crippen LogP contribution in [0.4, 0.5) is 0 Å². The van der Waals surface area contributed by atoms with Gasteiger partial charge < -0.3 is 20.4 Å². The molecule has 0 aliphatic heterocycles. The Morgan fingerprint density at radius 3 is 2.60 bits per heavy atom. The van der Waals surface area contributed by atoms with Crippen LogP contribution in [0, 0.1) is 11.8 Å². The van der Waals surface area contributed by atoms with E-state index >= 15 is 0 Å². The number of aliphatic hydroxyl groups excluding tert-OH is 3. The summed E-state index contributed by atoms with van der Waals surface area (Å²) in [4.78, 5) is 10.4. The van der Waals surface area contributed by atoms with Gasteiger partial charge >= 0.3 is 5.97 Å². The van der Waals surface area contributed by atoms with Crippen LogP contribution in [0.25, 0.3) is 0 Å². The van der Waals surface area contributed by atoms with Crippen molar-refractivity contribution in [3.05, 3.63) is 24.3 Å². The summed E-state index contributed by atoms with van der Waals surface area (Å²) in [6.07, 6.45) is 12.2. The molecule has 0 amide bonds. The zero-order chi connectivity index (χ0) is 18.7. The van der Waals surface area contributed by atoms with E-state index in [9.17, 15) is 20.1 Å². The summed E-state index contributed by atoms with van der Waals surface area (Å²) in [7, 11) is 0. The molecule has 0 bridgehead atoms. The van der Waals surface area contributed by atoms with Gasteiger partial charge in [0.1, 0.15) is 0 Å². The molecule has 0 spiro atoms. The molecule has 5 heteroatoms. The van der Waals surface area contributed by atoms with Crippen LogP contribution in [0.5, 0.6) is 0 Å². The van der Waals surface area contributed by atoms with Crippen molar-refractivity contribution >= 4 is 5.97 Å². The summed E-state index contributed by atoms with van der Waals surface area (Å²) in [6, 6.07) is 0. The van der Waals surface area contributed by atoms with Crippen molar-refractivity contribution in [2.24, 2.45) is 11.8 Å². The molecule has 0 heterocycles. The predicted octanol–water partition coefficient (Wildman–Crippen LogP) is 3.04. The molecular weight excluding hydrogens is 320 g/mol. The fourth-order valence-corrected chi connectivity index (χ4v) is 3.47. The number of rotatable bonds is 12. The van der Waals surface area contributed by atoms with Crippen molar-refractivity contribution in [2.45, 2.75) is 83.0 Å². The van der Waals surface area contributed by atoms with E-state index in [2.05, 4.69) is 6.92 Å². The van der Waals surface area contributed by atoms with Crippen LogP contribution >= 0.6 is 0 Å². The van der Waals surface area contributed by atoms with Gasteiger partial charge in [-0.25, -0.2) is 0 Å². The summed E-state index contributed by atoms with van der Waals surface area (Å²) < 4.78 is 0. The first-order chi connectivity index (χ1) is 12.0. The lowest BCUT2D eigenvalue weighted by Gasteiger charge is -2.21. The quantitative estimate of drug-likeness (QED) is 0.319. The number of carboxylic acids is 1. The van der Waals surface area contributed by atoms with Crippen molar-refractivity contribution in [3.8, 4) is 0 Å². The zero-order valence-electron chi connectivity index (χ0n) is 15.3. The highest BCUT2D eigenvalue weighted by Gasteiger charge is 2.39. The summed E-state index contributed by atoms with van der Waals surface area (Å²) in [5.41, 5.74) is 0. The second-order valence-corrected chi connectivity index (χ2v) is 7.05. The van der Waals surface area contributed by atoms with E-state index < -0.39 is 24.3 Å². The highest BCUT2D eigenvalue weighted by molar-refractivity contribution is 5.66. The molecule has 1 saturated carbocycles. The minimum absolute atomic E-state index is 0.0663. The molecule has 1 aliphatic rings. The van der Waals surface area contributed by atoms with Gasteiger partial charge in [-0.05, 0) is 31.6 Å². The molecule has 5 nitrogen and oxygen atoms in total. The first kappa shape index (κ1) is 21.9. The largest absolute Gasteiger partial charge is 0.481 e. The highest BCUT2D eigenvalue weighted by atomic mass is 16.4. The number of unbranched alkanes of at least 4 members (excludes halogenated alkanes) is 3. The number of aliphatic carboxylic acids is 1. The van der Waals surface area contributed by atoms with Gasteiger partial charge in [0, 0.05) is 18.8 Å². The number of allylic oxidation sites excluding steroid dienone is 1. The van der Waals surface area contributed by atoms with Crippen molar-refractivity contribution in [1.29, 1.82) is 0 Å². The van der Waals surface area contributed by atoms with Crippen LogP contribution in [-0.4, -0.2) is 44.7 Å². The number of hydrogen-bond donors (Lipinski definition) is 4. The van der Waals surface area contributed by atoms with E-state index in [4.69, 9.17) is 5.11 Å². The lowest BCUT2D eigenvalue weighted by Crippen LogP contribution is -2.21. The zero-order valence-corrected chi connectivity index (χ0v) is 15.3. The molecule has 0 radical (unpaired) electrons. The summed E-state index contributed by atoms with van der Waals surface area (Å²) in [5, 5.41) is 38.9. The standard InChI is InChI=1S/C20H34O5/c1-2-3-6-10-16-17(19(23)14-18(16)22)13-12-15(21)9-7-4-5-8-11-20(24)25/h4,7,12-13,15-19,21-23H,2-3,5-6,8-11,14H2,1H3,(H,24,25)/b7-4-,13-12+/t15-,16-,17+,18+,19-/m0/s1. The number of carbonyl (C=O) groups is 1. The number of aliphatic hydroxyl groups is 3.